The molecule has 0 saturated heterocycles. The van der Waals surface area contributed by atoms with Crippen molar-refractivity contribution in [2.45, 2.75) is 54.6 Å². The lowest BCUT2D eigenvalue weighted by Crippen LogP contribution is -2.78. The molecule has 0 amide bonds. The molecule has 0 radical (unpaired) electrons. The lowest BCUT2D eigenvalue weighted by atomic mass is 9.93. The van der Waals surface area contributed by atoms with Crippen molar-refractivity contribution in [1.82, 2.24) is 0 Å². The maximum atomic E-state index is 13.9. The first-order chi connectivity index (χ1) is 14.9. The Labute approximate surface area is 180 Å². The first-order valence-corrected chi connectivity index (χ1v) is 9.77. The Hall–Kier alpha value is -1.26. The second-order valence-electron chi connectivity index (χ2n) is 6.30. The van der Waals surface area contributed by atoms with Gasteiger partial charge in [-0.05, 0) is 6.92 Å². The van der Waals surface area contributed by atoms with E-state index in [-0.39, 0.29) is 6.92 Å². The van der Waals surface area contributed by atoms with Crippen molar-refractivity contribution in [2.75, 3.05) is 13.2 Å². The lowest BCUT2D eigenvalue weighted by molar-refractivity contribution is -0.377. The Balaban J connectivity index is 7.29. The molecule has 23 heteroatoms. The normalized spacial score (nSPS) is 16.3. The summed E-state index contributed by atoms with van der Waals surface area (Å²) in [5.41, 5.74) is -15.3. The van der Waals surface area contributed by atoms with Gasteiger partial charge in [0.15, 0.2) is 0 Å². The summed E-state index contributed by atoms with van der Waals surface area (Å²) in [6.07, 6.45) is -30.2. The van der Waals surface area contributed by atoms with Crippen LogP contribution in [0.4, 0.5) is 87.8 Å². The molecule has 0 aromatic carbocycles. The topological polar surface area (TPSA) is 18.5 Å². The molecule has 0 rings (SSSR count). The molecule has 2 nitrogen and oxygen atoms in total. The van der Waals surface area contributed by atoms with Crippen LogP contribution in [0.1, 0.15) is 6.92 Å². The third kappa shape index (κ3) is 5.54. The molecule has 0 N–H and O–H groups in total. The minimum atomic E-state index is -9.18. The number of hydrogen-bond acceptors (Lipinski definition) is 2. The van der Waals surface area contributed by atoms with Gasteiger partial charge in [0.2, 0.25) is 0 Å². The summed E-state index contributed by atoms with van der Waals surface area (Å²) in [4.78, 5) is 0. The van der Waals surface area contributed by atoms with E-state index in [1.165, 1.54) is 0 Å². The van der Waals surface area contributed by atoms with E-state index < -0.39 is 75.3 Å². The molecule has 0 aliphatic rings. The zero-order chi connectivity index (χ0) is 28.9. The average molecular weight is 592 g/mol. The quantitative estimate of drug-likeness (QED) is 0.213. The van der Waals surface area contributed by atoms with E-state index in [2.05, 4.69) is 8.85 Å². The Morgan fingerprint density at radius 1 is 0.486 bits per heavy atom. The maximum Gasteiger partial charge on any atom is 0.511 e. The van der Waals surface area contributed by atoms with Crippen molar-refractivity contribution >= 4 is 8.56 Å². The molecular weight excluding hydrogens is 584 g/mol. The van der Waals surface area contributed by atoms with Crippen LogP contribution in [0.3, 0.4) is 0 Å². The fourth-order valence-electron chi connectivity index (χ4n) is 2.21. The largest absolute Gasteiger partial charge is 0.511 e. The van der Waals surface area contributed by atoms with Crippen LogP contribution in [0, 0.1) is 5.92 Å². The van der Waals surface area contributed by atoms with Crippen molar-refractivity contribution < 1.29 is 96.7 Å². The molecule has 0 aromatic heterocycles. The second-order valence-corrected chi connectivity index (χ2v) is 9.37. The van der Waals surface area contributed by atoms with Gasteiger partial charge in [-0.25, -0.2) is 0 Å². The Morgan fingerprint density at radius 2 is 0.771 bits per heavy atom. The fraction of sp³-hybridized carbons (Fsp3) is 1.00. The number of alkyl halides is 20. The Bertz CT molecular complexity index is 664. The summed E-state index contributed by atoms with van der Waals surface area (Å²) in [5, 5.41) is 0. The summed E-state index contributed by atoms with van der Waals surface area (Å²) < 4.78 is 266. The predicted octanol–water partition coefficient (Wildman–Crippen LogP) is 6.97. The second kappa shape index (κ2) is 9.24. The summed E-state index contributed by atoms with van der Waals surface area (Å²) in [5.74, 6) is -20.9. The molecular formula is C12H8F20O2Si. The minimum absolute atomic E-state index is 0.0934. The van der Waals surface area contributed by atoms with Gasteiger partial charge in [-0.2, -0.15) is 87.8 Å². The van der Waals surface area contributed by atoms with E-state index in [1.807, 2.05) is 0 Å². The zero-order valence-corrected chi connectivity index (χ0v) is 16.9. The summed E-state index contributed by atoms with van der Waals surface area (Å²) in [7, 11) is -9.18. The van der Waals surface area contributed by atoms with E-state index >= 15 is 0 Å². The van der Waals surface area contributed by atoms with Gasteiger partial charge in [-0.3, -0.25) is 0 Å². The van der Waals surface area contributed by atoms with Crippen LogP contribution < -0.4 is 0 Å². The van der Waals surface area contributed by atoms with Gasteiger partial charge in [0.1, 0.15) is 5.92 Å². The van der Waals surface area contributed by atoms with Gasteiger partial charge in [0.05, 0.1) is 6.61 Å². The highest BCUT2D eigenvalue weighted by molar-refractivity contribution is 6.73. The molecule has 0 heterocycles. The van der Waals surface area contributed by atoms with Crippen LogP contribution in [0.5, 0.6) is 0 Å². The summed E-state index contributed by atoms with van der Waals surface area (Å²) in [6, 6.07) is 0. The lowest BCUT2D eigenvalue weighted by Gasteiger charge is -2.43. The highest BCUT2D eigenvalue weighted by atomic mass is 28.4. The van der Waals surface area contributed by atoms with Gasteiger partial charge >= 0.3 is 56.2 Å². The Morgan fingerprint density at radius 3 is 0.971 bits per heavy atom. The molecule has 0 unspecified atom stereocenters. The fourth-order valence-corrected chi connectivity index (χ4v) is 4.97. The number of hydrogen-bond donors (Lipinski definition) is 0. The summed E-state index contributed by atoms with van der Waals surface area (Å²) in [6.45, 7) is -6.18. The predicted molar refractivity (Wildman–Crippen MR) is 70.8 cm³/mol. The minimum Gasteiger partial charge on any atom is -0.387 e. The first-order valence-electron chi connectivity index (χ1n) is 7.96. The molecule has 0 fully saturated rings. The van der Waals surface area contributed by atoms with E-state index in [1.54, 1.807) is 0 Å². The van der Waals surface area contributed by atoms with Crippen molar-refractivity contribution in [3.8, 4) is 0 Å². The van der Waals surface area contributed by atoms with E-state index in [9.17, 15) is 87.8 Å². The third-order valence-corrected chi connectivity index (χ3v) is 7.46. The van der Waals surface area contributed by atoms with Crippen LogP contribution in [0.25, 0.3) is 0 Å². The van der Waals surface area contributed by atoms with E-state index in [0.717, 1.165) is 0 Å². The van der Waals surface area contributed by atoms with Gasteiger partial charge in [0.25, 0.3) is 0 Å². The van der Waals surface area contributed by atoms with Crippen LogP contribution in [-0.2, 0) is 8.85 Å². The molecule has 0 bridgehead atoms. The monoisotopic (exact) mass is 592 g/mol. The van der Waals surface area contributed by atoms with Gasteiger partial charge in [0, 0.05) is 6.61 Å². The van der Waals surface area contributed by atoms with Crippen LogP contribution in [0.2, 0.25) is 0 Å². The average Bonchev–Trinajstić information content (AvgIpc) is 2.56. The first kappa shape index (κ1) is 33.7. The molecule has 0 saturated carbocycles. The van der Waals surface area contributed by atoms with Gasteiger partial charge in [-0.1, -0.05) is 0 Å². The smallest absolute Gasteiger partial charge is 0.387 e. The van der Waals surface area contributed by atoms with Crippen molar-refractivity contribution in [1.29, 1.82) is 0 Å². The van der Waals surface area contributed by atoms with Gasteiger partial charge < -0.3 is 8.85 Å². The van der Waals surface area contributed by atoms with E-state index in [0.29, 0.717) is 0 Å². The highest BCUT2D eigenvalue weighted by Crippen LogP contribution is 2.57. The standard InChI is InChI=1S/C12H8F20O2Si/c1-2-33-35(11(29,30)9(23,24)25,12(31,32)10(26,27)28)34-3-4(5(13,14)7(17,18)19)6(15,16)8(20,21)22/h4H,2-3H2,1H3. The number of halogens is 20. The summed E-state index contributed by atoms with van der Waals surface area (Å²) >= 11 is 0. The van der Waals surface area contributed by atoms with Crippen LogP contribution in [-0.4, -0.2) is 69.4 Å². The molecule has 212 valence electrons. The molecule has 0 aliphatic carbocycles. The van der Waals surface area contributed by atoms with Crippen LogP contribution >= 0.6 is 0 Å². The van der Waals surface area contributed by atoms with Crippen LogP contribution in [0.15, 0.2) is 0 Å². The highest BCUT2D eigenvalue weighted by Gasteiger charge is 2.91. The van der Waals surface area contributed by atoms with Crippen molar-refractivity contribution in [3.05, 3.63) is 0 Å². The van der Waals surface area contributed by atoms with Crippen molar-refractivity contribution in [3.63, 3.8) is 0 Å². The maximum absolute atomic E-state index is 13.9. The third-order valence-electron chi connectivity index (χ3n) is 3.97. The molecule has 0 spiro atoms. The Kier molecular flexibility index (Phi) is 8.91. The molecule has 0 aromatic rings. The zero-order valence-electron chi connectivity index (χ0n) is 15.9. The number of rotatable bonds is 9. The molecule has 35 heavy (non-hydrogen) atoms. The van der Waals surface area contributed by atoms with Crippen molar-refractivity contribution in [2.24, 2.45) is 5.92 Å². The molecule has 0 aliphatic heterocycles. The molecule has 0 atom stereocenters. The van der Waals surface area contributed by atoms with E-state index in [4.69, 9.17) is 0 Å². The SMILES string of the molecule is CCO[Si](OCC(C(F)(F)C(F)(F)F)C(F)(F)C(F)(F)F)(C(F)(F)C(F)(F)F)C(F)(F)C(F)(F)F. The van der Waals surface area contributed by atoms with Gasteiger partial charge in [-0.15, -0.1) is 0 Å².